The third-order valence-corrected chi connectivity index (χ3v) is 3.96. The topological polar surface area (TPSA) is 96.7 Å². The van der Waals surface area contributed by atoms with Crippen LogP contribution in [0.4, 0.5) is 4.79 Å². The van der Waals surface area contributed by atoms with Gasteiger partial charge in [0.25, 0.3) is 5.91 Å². The van der Waals surface area contributed by atoms with Crippen molar-refractivity contribution in [2.75, 3.05) is 13.2 Å². The summed E-state index contributed by atoms with van der Waals surface area (Å²) in [6.07, 6.45) is 0.164. The molecule has 0 bridgehead atoms. The molecule has 0 unspecified atom stereocenters. The number of ether oxygens (including phenoxy) is 1. The van der Waals surface area contributed by atoms with E-state index in [2.05, 4.69) is 10.4 Å². The molecule has 0 saturated heterocycles. The molecule has 0 aromatic carbocycles. The number of amides is 2. The number of aliphatic hydroxyl groups is 1. The zero-order valence-electron chi connectivity index (χ0n) is 15.8. The molecule has 2 rings (SSSR count). The minimum absolute atomic E-state index is 0.166. The number of nitrogens with zero attached hydrogens (tertiary/aromatic N) is 3. The van der Waals surface area contributed by atoms with Gasteiger partial charge >= 0.3 is 6.09 Å². The Balaban J connectivity index is 2.18. The van der Waals surface area contributed by atoms with E-state index in [4.69, 9.17) is 4.74 Å². The predicted molar refractivity (Wildman–Crippen MR) is 92.2 cm³/mol. The van der Waals surface area contributed by atoms with E-state index in [1.165, 1.54) is 0 Å². The molecule has 0 saturated carbocycles. The number of carbonyl (C=O) groups excluding carboxylic acids is 2. The molecule has 8 heteroatoms. The average molecular weight is 352 g/mol. The largest absolute Gasteiger partial charge is 0.444 e. The third kappa shape index (κ3) is 4.50. The number of aliphatic hydroxyl groups excluding tert-OH is 1. The fourth-order valence-corrected chi connectivity index (χ4v) is 2.64. The second kappa shape index (κ2) is 6.67. The maximum Gasteiger partial charge on any atom is 0.410 e. The zero-order valence-corrected chi connectivity index (χ0v) is 15.8. The van der Waals surface area contributed by atoms with Crippen molar-refractivity contribution in [1.82, 2.24) is 20.0 Å². The summed E-state index contributed by atoms with van der Waals surface area (Å²) in [5.41, 5.74) is 0.740. The molecule has 8 nitrogen and oxygen atoms in total. The first-order valence-corrected chi connectivity index (χ1v) is 8.39. The van der Waals surface area contributed by atoms with Gasteiger partial charge in [0, 0.05) is 19.2 Å². The molecule has 2 amide bonds. The Hall–Kier alpha value is -2.09. The molecule has 0 aliphatic carbocycles. The monoisotopic (exact) mass is 352 g/mol. The number of carbonyl (C=O) groups is 2. The Morgan fingerprint density at radius 1 is 1.28 bits per heavy atom. The number of fused-ring (bicyclic) bond motifs is 1. The lowest BCUT2D eigenvalue weighted by Crippen LogP contribution is -2.46. The van der Waals surface area contributed by atoms with Crippen LogP contribution in [0.5, 0.6) is 0 Å². The molecule has 1 aromatic heterocycles. The number of hydrogen-bond acceptors (Lipinski definition) is 5. The van der Waals surface area contributed by atoms with Crippen molar-refractivity contribution in [2.45, 2.75) is 58.7 Å². The van der Waals surface area contributed by atoms with Crippen LogP contribution in [0.2, 0.25) is 0 Å². The maximum atomic E-state index is 12.5. The molecule has 0 radical (unpaired) electrons. The Morgan fingerprint density at radius 3 is 2.48 bits per heavy atom. The SMILES string of the molecule is Cn1nc(C(=O)NC(C)(C)CO)c2c1CN(C(=O)OC(C)(C)C)CC2. The molecule has 0 atom stereocenters. The highest BCUT2D eigenvalue weighted by molar-refractivity contribution is 5.94. The van der Waals surface area contributed by atoms with Crippen molar-refractivity contribution in [2.24, 2.45) is 7.05 Å². The quantitative estimate of drug-likeness (QED) is 0.852. The van der Waals surface area contributed by atoms with Crippen LogP contribution >= 0.6 is 0 Å². The van der Waals surface area contributed by atoms with Gasteiger partial charge in [-0.15, -0.1) is 0 Å². The van der Waals surface area contributed by atoms with E-state index in [-0.39, 0.29) is 18.6 Å². The van der Waals surface area contributed by atoms with Gasteiger partial charge in [0.05, 0.1) is 24.4 Å². The van der Waals surface area contributed by atoms with Crippen molar-refractivity contribution in [1.29, 1.82) is 0 Å². The standard InChI is InChI=1S/C17H28N4O4/c1-16(2,3)25-15(24)21-8-7-11-12(9-21)20(6)19-13(11)14(23)18-17(4,5)10-22/h22H,7-10H2,1-6H3,(H,18,23). The van der Waals surface area contributed by atoms with Crippen molar-refractivity contribution in [3.8, 4) is 0 Å². The summed E-state index contributed by atoms with van der Waals surface area (Å²) in [5.74, 6) is -0.318. The first-order chi connectivity index (χ1) is 11.4. The molecule has 2 heterocycles. The lowest BCUT2D eigenvalue weighted by atomic mass is 10.0. The molecule has 25 heavy (non-hydrogen) atoms. The zero-order chi connectivity index (χ0) is 19.0. The Kier molecular flexibility index (Phi) is 5.13. The summed E-state index contributed by atoms with van der Waals surface area (Å²) < 4.78 is 7.05. The smallest absolute Gasteiger partial charge is 0.410 e. The summed E-state index contributed by atoms with van der Waals surface area (Å²) >= 11 is 0. The van der Waals surface area contributed by atoms with E-state index >= 15 is 0 Å². The summed E-state index contributed by atoms with van der Waals surface area (Å²) in [6, 6.07) is 0. The van der Waals surface area contributed by atoms with Crippen LogP contribution in [0.25, 0.3) is 0 Å². The van der Waals surface area contributed by atoms with Gasteiger partial charge in [0.1, 0.15) is 5.60 Å². The van der Waals surface area contributed by atoms with Crippen LogP contribution in [0.1, 0.15) is 56.4 Å². The van der Waals surface area contributed by atoms with Crippen molar-refractivity contribution < 1.29 is 19.4 Å². The highest BCUT2D eigenvalue weighted by atomic mass is 16.6. The van der Waals surface area contributed by atoms with Gasteiger partial charge in [0.2, 0.25) is 0 Å². The van der Waals surface area contributed by atoms with Gasteiger partial charge in [-0.05, 0) is 41.0 Å². The normalized spacial score (nSPS) is 14.9. The lowest BCUT2D eigenvalue weighted by molar-refractivity contribution is 0.0219. The molecule has 1 aromatic rings. The van der Waals surface area contributed by atoms with E-state index in [9.17, 15) is 14.7 Å². The molecular formula is C17H28N4O4. The van der Waals surface area contributed by atoms with Crippen molar-refractivity contribution >= 4 is 12.0 Å². The van der Waals surface area contributed by atoms with Crippen LogP contribution < -0.4 is 5.32 Å². The van der Waals surface area contributed by atoms with Crippen molar-refractivity contribution in [3.63, 3.8) is 0 Å². The summed E-state index contributed by atoms with van der Waals surface area (Å²) in [6.45, 7) is 9.62. The second-order valence-electron chi connectivity index (χ2n) is 8.05. The molecule has 1 aliphatic heterocycles. The van der Waals surface area contributed by atoms with Crippen LogP contribution in [-0.4, -0.2) is 56.1 Å². The second-order valence-corrected chi connectivity index (χ2v) is 8.05. The fourth-order valence-electron chi connectivity index (χ4n) is 2.64. The molecule has 0 fully saturated rings. The lowest BCUT2D eigenvalue weighted by Gasteiger charge is -2.30. The van der Waals surface area contributed by atoms with E-state index < -0.39 is 11.1 Å². The van der Waals surface area contributed by atoms with Gasteiger partial charge in [-0.3, -0.25) is 9.48 Å². The molecule has 1 aliphatic rings. The van der Waals surface area contributed by atoms with Gasteiger partial charge in [0.15, 0.2) is 5.69 Å². The van der Waals surface area contributed by atoms with E-state index in [1.54, 1.807) is 30.5 Å². The van der Waals surface area contributed by atoms with Crippen LogP contribution in [0, 0.1) is 0 Å². The van der Waals surface area contributed by atoms with E-state index in [0.29, 0.717) is 25.2 Å². The summed E-state index contributed by atoms with van der Waals surface area (Å²) in [7, 11) is 1.76. The van der Waals surface area contributed by atoms with E-state index in [1.807, 2.05) is 20.8 Å². The molecule has 0 spiro atoms. The highest BCUT2D eigenvalue weighted by Crippen LogP contribution is 2.24. The first kappa shape index (κ1) is 19.2. The van der Waals surface area contributed by atoms with E-state index in [0.717, 1.165) is 11.3 Å². The van der Waals surface area contributed by atoms with Gasteiger partial charge in [-0.25, -0.2) is 4.79 Å². The minimum Gasteiger partial charge on any atom is -0.444 e. The Labute approximate surface area is 148 Å². The number of aryl methyl sites for hydroxylation is 1. The summed E-state index contributed by atoms with van der Waals surface area (Å²) in [4.78, 5) is 26.4. The number of hydrogen-bond donors (Lipinski definition) is 2. The number of nitrogens with one attached hydrogen (secondary N) is 1. The van der Waals surface area contributed by atoms with Crippen LogP contribution in [-0.2, 0) is 24.8 Å². The van der Waals surface area contributed by atoms with Crippen LogP contribution in [0.3, 0.4) is 0 Å². The maximum absolute atomic E-state index is 12.5. The highest BCUT2D eigenvalue weighted by Gasteiger charge is 2.32. The molecule has 2 N–H and O–H groups in total. The predicted octanol–water partition coefficient (Wildman–Crippen LogP) is 1.21. The molecular weight excluding hydrogens is 324 g/mol. The van der Waals surface area contributed by atoms with Gasteiger partial charge in [-0.2, -0.15) is 5.10 Å². The molecule has 140 valence electrons. The summed E-state index contributed by atoms with van der Waals surface area (Å²) in [5, 5.41) is 16.4. The fraction of sp³-hybridized carbons (Fsp3) is 0.706. The van der Waals surface area contributed by atoms with Gasteiger partial charge < -0.3 is 20.1 Å². The minimum atomic E-state index is -0.724. The number of rotatable bonds is 3. The Bertz CT molecular complexity index is 673. The van der Waals surface area contributed by atoms with Crippen LogP contribution in [0.15, 0.2) is 0 Å². The third-order valence-electron chi connectivity index (χ3n) is 3.96. The van der Waals surface area contributed by atoms with Gasteiger partial charge in [-0.1, -0.05) is 0 Å². The average Bonchev–Trinajstić information content (AvgIpc) is 2.82. The van der Waals surface area contributed by atoms with Crippen molar-refractivity contribution in [3.05, 3.63) is 17.0 Å². The Morgan fingerprint density at radius 2 is 1.92 bits per heavy atom. The number of aromatic nitrogens is 2. The first-order valence-electron chi connectivity index (χ1n) is 8.39.